The van der Waals surface area contributed by atoms with E-state index in [1.165, 1.54) is 29.3 Å². The van der Waals surface area contributed by atoms with Gasteiger partial charge in [0.05, 0.1) is 0 Å². The summed E-state index contributed by atoms with van der Waals surface area (Å²) in [4.78, 5) is 2.34. The second-order valence-corrected chi connectivity index (χ2v) is 5.15. The Morgan fingerprint density at radius 3 is 2.72 bits per heavy atom. The fourth-order valence-electron chi connectivity index (χ4n) is 2.39. The van der Waals surface area contributed by atoms with Crippen LogP contribution in [0.2, 0.25) is 0 Å². The van der Waals surface area contributed by atoms with Gasteiger partial charge in [0.2, 0.25) is 0 Å². The van der Waals surface area contributed by atoms with E-state index in [0.29, 0.717) is 0 Å². The highest BCUT2D eigenvalue weighted by atomic mass is 15.1. The topological polar surface area (TPSA) is 15.3 Å². The molecule has 1 aliphatic carbocycles. The van der Waals surface area contributed by atoms with Crippen LogP contribution in [0.5, 0.6) is 0 Å². The average molecular weight is 240 g/mol. The summed E-state index contributed by atoms with van der Waals surface area (Å²) in [6, 6.07) is 15.9. The van der Waals surface area contributed by atoms with E-state index in [1.807, 2.05) is 0 Å². The zero-order valence-corrected chi connectivity index (χ0v) is 10.9. The van der Waals surface area contributed by atoms with Gasteiger partial charge in [-0.25, -0.2) is 0 Å². The number of hydrogen-bond acceptors (Lipinski definition) is 2. The quantitative estimate of drug-likeness (QED) is 0.864. The summed E-state index contributed by atoms with van der Waals surface area (Å²) in [5.41, 5.74) is 1.32. The second-order valence-electron chi connectivity index (χ2n) is 5.15. The van der Waals surface area contributed by atoms with E-state index in [4.69, 9.17) is 0 Å². The molecule has 1 aliphatic rings. The molecule has 2 aromatic carbocycles. The summed E-state index contributed by atoms with van der Waals surface area (Å²) >= 11 is 0. The van der Waals surface area contributed by atoms with Gasteiger partial charge in [-0.1, -0.05) is 36.4 Å². The predicted molar refractivity (Wildman–Crippen MR) is 78.2 cm³/mol. The third kappa shape index (κ3) is 2.49. The first-order chi connectivity index (χ1) is 8.84. The number of benzene rings is 2. The predicted octanol–water partition coefficient (Wildman–Crippen LogP) is 3.03. The third-order valence-electron chi connectivity index (χ3n) is 3.64. The number of likely N-dealkylation sites (N-methyl/N-ethyl adjacent to an activating group) is 1. The van der Waals surface area contributed by atoms with E-state index < -0.39 is 0 Å². The van der Waals surface area contributed by atoms with Crippen molar-refractivity contribution in [3.63, 3.8) is 0 Å². The number of nitrogens with zero attached hydrogens (tertiary/aromatic N) is 1. The molecule has 0 amide bonds. The van der Waals surface area contributed by atoms with Crippen molar-refractivity contribution in [2.75, 3.05) is 25.0 Å². The molecular formula is C16H20N2. The van der Waals surface area contributed by atoms with Gasteiger partial charge in [-0.2, -0.15) is 0 Å². The Labute approximate surface area is 109 Å². The Morgan fingerprint density at radius 1 is 1.11 bits per heavy atom. The van der Waals surface area contributed by atoms with E-state index in [9.17, 15) is 0 Å². The Hall–Kier alpha value is -1.54. The molecule has 0 aromatic heterocycles. The minimum atomic E-state index is 0.797. The molecule has 0 radical (unpaired) electrons. The highest BCUT2D eigenvalue weighted by Gasteiger charge is 2.19. The van der Waals surface area contributed by atoms with Gasteiger partial charge in [-0.05, 0) is 24.3 Å². The van der Waals surface area contributed by atoms with Crippen LogP contribution in [0, 0.1) is 0 Å². The maximum atomic E-state index is 3.56. The normalized spacial score (nSPS) is 14.9. The fraction of sp³-hybridized carbons (Fsp3) is 0.375. The standard InChI is InChI=1S/C16H20N2/c1-18(12-11-17-14-9-10-14)16-8-4-6-13-5-2-3-7-15(13)16/h2-8,14,17H,9-12H2,1H3. The van der Waals surface area contributed by atoms with E-state index in [1.54, 1.807) is 0 Å². The van der Waals surface area contributed by atoms with Crippen LogP contribution in [0.1, 0.15) is 12.8 Å². The summed E-state index contributed by atoms with van der Waals surface area (Å²) in [7, 11) is 2.18. The van der Waals surface area contributed by atoms with E-state index in [-0.39, 0.29) is 0 Å². The molecule has 2 nitrogen and oxygen atoms in total. The minimum Gasteiger partial charge on any atom is -0.373 e. The van der Waals surface area contributed by atoms with Gasteiger partial charge >= 0.3 is 0 Å². The summed E-state index contributed by atoms with van der Waals surface area (Å²) in [6.45, 7) is 2.13. The molecule has 94 valence electrons. The zero-order chi connectivity index (χ0) is 12.4. The molecule has 0 saturated heterocycles. The van der Waals surface area contributed by atoms with Crippen molar-refractivity contribution in [2.24, 2.45) is 0 Å². The van der Waals surface area contributed by atoms with Crippen molar-refractivity contribution in [1.29, 1.82) is 0 Å². The van der Waals surface area contributed by atoms with Crippen LogP contribution >= 0.6 is 0 Å². The molecule has 18 heavy (non-hydrogen) atoms. The Balaban J connectivity index is 1.75. The van der Waals surface area contributed by atoms with Gasteiger partial charge in [-0.15, -0.1) is 0 Å². The van der Waals surface area contributed by atoms with Gasteiger partial charge in [0, 0.05) is 37.3 Å². The summed E-state index contributed by atoms with van der Waals surface area (Å²) in [5.74, 6) is 0. The van der Waals surface area contributed by atoms with E-state index >= 15 is 0 Å². The lowest BCUT2D eigenvalue weighted by Crippen LogP contribution is -2.30. The first-order valence-corrected chi connectivity index (χ1v) is 6.77. The lowest BCUT2D eigenvalue weighted by Gasteiger charge is -2.21. The van der Waals surface area contributed by atoms with Crippen LogP contribution in [-0.4, -0.2) is 26.2 Å². The number of nitrogens with one attached hydrogen (secondary N) is 1. The second kappa shape index (κ2) is 4.99. The largest absolute Gasteiger partial charge is 0.373 e. The lowest BCUT2D eigenvalue weighted by molar-refractivity contribution is 0.676. The molecular weight excluding hydrogens is 220 g/mol. The Bertz CT molecular complexity index is 526. The third-order valence-corrected chi connectivity index (χ3v) is 3.64. The fourth-order valence-corrected chi connectivity index (χ4v) is 2.39. The van der Waals surface area contributed by atoms with E-state index in [0.717, 1.165) is 19.1 Å². The smallest absolute Gasteiger partial charge is 0.0443 e. The number of anilines is 1. The Morgan fingerprint density at radius 2 is 1.89 bits per heavy atom. The van der Waals surface area contributed by atoms with Crippen molar-refractivity contribution in [3.05, 3.63) is 42.5 Å². The highest BCUT2D eigenvalue weighted by Crippen LogP contribution is 2.25. The molecule has 0 unspecified atom stereocenters. The van der Waals surface area contributed by atoms with Crippen molar-refractivity contribution in [1.82, 2.24) is 5.32 Å². The molecule has 0 spiro atoms. The summed E-state index contributed by atoms with van der Waals surface area (Å²) in [5, 5.41) is 6.22. The monoisotopic (exact) mass is 240 g/mol. The van der Waals surface area contributed by atoms with Crippen LogP contribution in [0.4, 0.5) is 5.69 Å². The van der Waals surface area contributed by atoms with Crippen LogP contribution < -0.4 is 10.2 Å². The summed E-state index contributed by atoms with van der Waals surface area (Å²) in [6.07, 6.45) is 2.72. The van der Waals surface area contributed by atoms with Crippen LogP contribution in [0.15, 0.2) is 42.5 Å². The maximum absolute atomic E-state index is 3.56. The molecule has 1 N–H and O–H groups in total. The first kappa shape index (κ1) is 11.5. The van der Waals surface area contributed by atoms with Crippen molar-refractivity contribution >= 4 is 16.5 Å². The zero-order valence-electron chi connectivity index (χ0n) is 10.9. The molecule has 1 saturated carbocycles. The number of hydrogen-bond donors (Lipinski definition) is 1. The number of fused-ring (bicyclic) bond motifs is 1. The minimum absolute atomic E-state index is 0.797. The highest BCUT2D eigenvalue weighted by molar-refractivity contribution is 5.94. The molecule has 0 bridgehead atoms. The SMILES string of the molecule is CN(CCNC1CC1)c1cccc2ccccc12. The molecule has 2 aromatic rings. The molecule has 2 heteroatoms. The van der Waals surface area contributed by atoms with Crippen molar-refractivity contribution in [2.45, 2.75) is 18.9 Å². The molecule has 0 aliphatic heterocycles. The summed E-state index contributed by atoms with van der Waals surface area (Å²) < 4.78 is 0. The molecule has 3 rings (SSSR count). The van der Waals surface area contributed by atoms with Gasteiger partial charge in [0.15, 0.2) is 0 Å². The van der Waals surface area contributed by atoms with Crippen LogP contribution in [0.25, 0.3) is 10.8 Å². The van der Waals surface area contributed by atoms with Gasteiger partial charge in [-0.3, -0.25) is 0 Å². The lowest BCUT2D eigenvalue weighted by atomic mass is 10.1. The van der Waals surface area contributed by atoms with Crippen LogP contribution in [-0.2, 0) is 0 Å². The van der Waals surface area contributed by atoms with Gasteiger partial charge in [0.1, 0.15) is 0 Å². The average Bonchev–Trinajstić information content (AvgIpc) is 3.22. The molecule has 1 fully saturated rings. The van der Waals surface area contributed by atoms with E-state index in [2.05, 4.69) is 59.7 Å². The van der Waals surface area contributed by atoms with Gasteiger partial charge in [0.25, 0.3) is 0 Å². The van der Waals surface area contributed by atoms with Crippen molar-refractivity contribution < 1.29 is 0 Å². The number of rotatable bonds is 5. The first-order valence-electron chi connectivity index (χ1n) is 6.77. The van der Waals surface area contributed by atoms with Crippen molar-refractivity contribution in [3.8, 4) is 0 Å². The molecule has 0 atom stereocenters. The molecule has 0 heterocycles. The van der Waals surface area contributed by atoms with Gasteiger partial charge < -0.3 is 10.2 Å². The van der Waals surface area contributed by atoms with Crippen LogP contribution in [0.3, 0.4) is 0 Å². The maximum Gasteiger partial charge on any atom is 0.0443 e. The Kier molecular flexibility index (Phi) is 3.20.